The zero-order valence-electron chi connectivity index (χ0n) is 8.73. The number of nitrogens with zero attached hydrogens (tertiary/aromatic N) is 2. The summed E-state index contributed by atoms with van der Waals surface area (Å²) in [6.07, 6.45) is 2.33. The Kier molecular flexibility index (Phi) is 3.38. The fourth-order valence-corrected chi connectivity index (χ4v) is 2.59. The lowest BCUT2D eigenvalue weighted by molar-refractivity contribution is 0.0600. The molecule has 2 aliphatic rings. The Bertz CT molecular complexity index is 188. The normalized spacial score (nSPS) is 31.7. The third-order valence-corrected chi connectivity index (χ3v) is 3.41. The zero-order chi connectivity index (χ0) is 9.97. The molecule has 3 N–H and O–H groups in total. The smallest absolute Gasteiger partial charge is 0.0789 e. The Morgan fingerprint density at radius 3 is 3.00 bits per heavy atom. The van der Waals surface area contributed by atoms with Crippen molar-refractivity contribution in [1.82, 2.24) is 9.80 Å². The van der Waals surface area contributed by atoms with E-state index in [1.165, 1.54) is 25.9 Å². The van der Waals surface area contributed by atoms with E-state index < -0.39 is 0 Å². The number of aliphatic hydroxyl groups is 1. The molecule has 4 heteroatoms. The van der Waals surface area contributed by atoms with Gasteiger partial charge in [0.2, 0.25) is 0 Å². The summed E-state index contributed by atoms with van der Waals surface area (Å²) in [6.45, 7) is 5.79. The van der Waals surface area contributed by atoms with Crippen molar-refractivity contribution in [1.29, 1.82) is 0 Å². The topological polar surface area (TPSA) is 52.7 Å². The molecule has 4 nitrogen and oxygen atoms in total. The molecule has 1 unspecified atom stereocenters. The first-order valence-electron chi connectivity index (χ1n) is 5.64. The maximum absolute atomic E-state index is 9.47. The zero-order valence-corrected chi connectivity index (χ0v) is 8.73. The fourth-order valence-electron chi connectivity index (χ4n) is 2.59. The standard InChI is InChI=1S/C10H21N3O/c11-6-10(14)8-12-4-5-13-3-1-2-9(13)7-12/h9-10,14H,1-8,11H2/t9?,10-/m1/s1. The number of aliphatic hydroxyl groups excluding tert-OH is 1. The van der Waals surface area contributed by atoms with Crippen LogP contribution in [0.4, 0.5) is 0 Å². The molecule has 2 fully saturated rings. The lowest BCUT2D eigenvalue weighted by Crippen LogP contribution is -2.52. The van der Waals surface area contributed by atoms with Crippen LogP contribution in [-0.2, 0) is 0 Å². The summed E-state index contributed by atoms with van der Waals surface area (Å²) in [7, 11) is 0. The van der Waals surface area contributed by atoms with Crippen LogP contribution >= 0.6 is 0 Å². The molecule has 0 radical (unpaired) electrons. The van der Waals surface area contributed by atoms with Crippen LogP contribution in [0.15, 0.2) is 0 Å². The van der Waals surface area contributed by atoms with E-state index in [1.807, 2.05) is 0 Å². The molecule has 0 bridgehead atoms. The van der Waals surface area contributed by atoms with Crippen molar-refractivity contribution in [3.05, 3.63) is 0 Å². The molecular formula is C10H21N3O. The van der Waals surface area contributed by atoms with Gasteiger partial charge >= 0.3 is 0 Å². The number of nitrogens with two attached hydrogens (primary N) is 1. The molecule has 2 saturated heterocycles. The van der Waals surface area contributed by atoms with Gasteiger partial charge in [-0.15, -0.1) is 0 Å². The molecule has 0 spiro atoms. The van der Waals surface area contributed by atoms with E-state index in [-0.39, 0.29) is 6.10 Å². The summed E-state index contributed by atoms with van der Waals surface area (Å²) in [5.41, 5.74) is 5.41. The molecule has 2 atom stereocenters. The largest absolute Gasteiger partial charge is 0.390 e. The first-order chi connectivity index (χ1) is 6.79. The molecule has 0 aromatic rings. The molecule has 14 heavy (non-hydrogen) atoms. The number of piperazine rings is 1. The predicted octanol–water partition coefficient (Wildman–Crippen LogP) is -0.914. The summed E-state index contributed by atoms with van der Waals surface area (Å²) >= 11 is 0. The molecule has 0 amide bonds. The van der Waals surface area contributed by atoms with Gasteiger partial charge < -0.3 is 10.8 Å². The highest BCUT2D eigenvalue weighted by Crippen LogP contribution is 2.21. The monoisotopic (exact) mass is 199 g/mol. The molecule has 0 aromatic heterocycles. The van der Waals surface area contributed by atoms with E-state index in [1.54, 1.807) is 0 Å². The Labute approximate surface area is 85.7 Å². The third kappa shape index (κ3) is 2.25. The van der Waals surface area contributed by atoms with Crippen molar-refractivity contribution < 1.29 is 5.11 Å². The van der Waals surface area contributed by atoms with Gasteiger partial charge in [0.1, 0.15) is 0 Å². The average molecular weight is 199 g/mol. The van der Waals surface area contributed by atoms with E-state index in [0.29, 0.717) is 6.54 Å². The highest BCUT2D eigenvalue weighted by molar-refractivity contribution is 4.87. The predicted molar refractivity (Wildman–Crippen MR) is 56.1 cm³/mol. The summed E-state index contributed by atoms with van der Waals surface area (Å²) in [5, 5.41) is 9.47. The SMILES string of the molecule is NC[C@@H](O)CN1CCN2CCCC2C1. The minimum absolute atomic E-state index is 0.344. The van der Waals surface area contributed by atoms with Crippen LogP contribution in [0.25, 0.3) is 0 Å². The average Bonchev–Trinajstić information content (AvgIpc) is 2.64. The maximum Gasteiger partial charge on any atom is 0.0789 e. The second-order valence-corrected chi connectivity index (χ2v) is 4.48. The Morgan fingerprint density at radius 1 is 1.36 bits per heavy atom. The fraction of sp³-hybridized carbons (Fsp3) is 1.00. The van der Waals surface area contributed by atoms with E-state index in [0.717, 1.165) is 25.7 Å². The lowest BCUT2D eigenvalue weighted by Gasteiger charge is -2.38. The van der Waals surface area contributed by atoms with Crippen LogP contribution in [0.1, 0.15) is 12.8 Å². The summed E-state index contributed by atoms with van der Waals surface area (Å²) in [6, 6.07) is 0.744. The summed E-state index contributed by atoms with van der Waals surface area (Å²) in [4.78, 5) is 4.93. The molecule has 2 rings (SSSR count). The Balaban J connectivity index is 1.79. The second-order valence-electron chi connectivity index (χ2n) is 4.48. The molecule has 0 saturated carbocycles. The number of fused-ring (bicyclic) bond motifs is 1. The highest BCUT2D eigenvalue weighted by atomic mass is 16.3. The van der Waals surface area contributed by atoms with Gasteiger partial charge in [0, 0.05) is 38.8 Å². The summed E-state index contributed by atoms with van der Waals surface area (Å²) < 4.78 is 0. The van der Waals surface area contributed by atoms with Crippen LogP contribution in [0.5, 0.6) is 0 Å². The Morgan fingerprint density at radius 2 is 2.21 bits per heavy atom. The molecular weight excluding hydrogens is 178 g/mol. The first kappa shape index (κ1) is 10.4. The van der Waals surface area contributed by atoms with Gasteiger partial charge in [-0.3, -0.25) is 9.80 Å². The van der Waals surface area contributed by atoms with Gasteiger partial charge in [-0.25, -0.2) is 0 Å². The first-order valence-corrected chi connectivity index (χ1v) is 5.64. The summed E-state index contributed by atoms with van der Waals surface area (Å²) in [5.74, 6) is 0. The van der Waals surface area contributed by atoms with Gasteiger partial charge in [-0.1, -0.05) is 0 Å². The van der Waals surface area contributed by atoms with Gasteiger partial charge in [0.25, 0.3) is 0 Å². The maximum atomic E-state index is 9.47. The van der Waals surface area contributed by atoms with Crippen LogP contribution < -0.4 is 5.73 Å². The van der Waals surface area contributed by atoms with Crippen molar-refractivity contribution >= 4 is 0 Å². The molecule has 82 valence electrons. The molecule has 2 aliphatic heterocycles. The van der Waals surface area contributed by atoms with E-state index in [9.17, 15) is 5.11 Å². The highest BCUT2D eigenvalue weighted by Gasteiger charge is 2.30. The van der Waals surface area contributed by atoms with Gasteiger partial charge in [-0.2, -0.15) is 0 Å². The van der Waals surface area contributed by atoms with Crippen molar-refractivity contribution in [2.24, 2.45) is 5.73 Å². The van der Waals surface area contributed by atoms with Crippen molar-refractivity contribution in [3.8, 4) is 0 Å². The molecule has 0 aliphatic carbocycles. The van der Waals surface area contributed by atoms with E-state index in [4.69, 9.17) is 5.73 Å². The molecule has 0 aromatic carbocycles. The lowest BCUT2D eigenvalue weighted by atomic mass is 10.1. The quantitative estimate of drug-likeness (QED) is 0.617. The van der Waals surface area contributed by atoms with E-state index in [2.05, 4.69) is 9.80 Å². The van der Waals surface area contributed by atoms with Crippen LogP contribution in [0.3, 0.4) is 0 Å². The Hall–Kier alpha value is -0.160. The van der Waals surface area contributed by atoms with Gasteiger partial charge in [-0.05, 0) is 19.4 Å². The van der Waals surface area contributed by atoms with Crippen molar-refractivity contribution in [2.75, 3.05) is 39.3 Å². The van der Waals surface area contributed by atoms with E-state index >= 15 is 0 Å². The van der Waals surface area contributed by atoms with Crippen molar-refractivity contribution in [2.45, 2.75) is 25.0 Å². The van der Waals surface area contributed by atoms with Gasteiger partial charge in [0.05, 0.1) is 6.10 Å². The number of β-amino-alcohol motifs (C(OH)–C–C–N with tert-alkyl or cyclic N) is 1. The van der Waals surface area contributed by atoms with Gasteiger partial charge in [0.15, 0.2) is 0 Å². The van der Waals surface area contributed by atoms with Crippen LogP contribution in [-0.4, -0.2) is 66.3 Å². The molecule has 2 heterocycles. The number of hydrogen-bond donors (Lipinski definition) is 2. The third-order valence-electron chi connectivity index (χ3n) is 3.41. The number of hydrogen-bond acceptors (Lipinski definition) is 4. The minimum atomic E-state index is -0.344. The minimum Gasteiger partial charge on any atom is -0.390 e. The van der Waals surface area contributed by atoms with Crippen LogP contribution in [0, 0.1) is 0 Å². The number of rotatable bonds is 3. The van der Waals surface area contributed by atoms with Crippen molar-refractivity contribution in [3.63, 3.8) is 0 Å². The second kappa shape index (κ2) is 4.57. The van der Waals surface area contributed by atoms with Crippen LogP contribution in [0.2, 0.25) is 0 Å².